The summed E-state index contributed by atoms with van der Waals surface area (Å²) in [5.74, 6) is 0. The Balaban J connectivity index is 2.62. The van der Waals surface area contributed by atoms with E-state index in [1.165, 1.54) is 0 Å². The minimum atomic E-state index is 0.696. The third kappa shape index (κ3) is 3.31. The molecule has 2 rings (SSSR count). The Hall–Kier alpha value is -2.00. The maximum Gasteiger partial charge on any atom is 0.0997 e. The molecule has 3 nitrogen and oxygen atoms in total. The molecule has 0 aromatic heterocycles. The minimum absolute atomic E-state index is 0.696. The normalized spacial score (nSPS) is 11.3. The molecule has 0 saturated heterocycles. The smallest absolute Gasteiger partial charge is 0.0997 e. The number of nitrogens with one attached hydrogen (secondary N) is 1. The molecule has 0 aliphatic rings. The van der Waals surface area contributed by atoms with Crippen LogP contribution in [0.3, 0.4) is 0 Å². The quantitative estimate of drug-likeness (QED) is 0.686. The molecule has 0 spiro atoms. The number of rotatable bonds is 4. The van der Waals surface area contributed by atoms with Gasteiger partial charge < -0.3 is 10.3 Å². The fourth-order valence-electron chi connectivity index (χ4n) is 1.99. The van der Waals surface area contributed by atoms with Gasteiger partial charge in [0, 0.05) is 43.0 Å². The molecular weight excluding hydrogens is 270 g/mol. The maximum absolute atomic E-state index is 6.15. The molecule has 104 valence electrons. The van der Waals surface area contributed by atoms with Crippen LogP contribution in [0, 0.1) is 0 Å². The molecule has 0 fully saturated rings. The van der Waals surface area contributed by atoms with Crippen molar-refractivity contribution in [2.75, 3.05) is 26.5 Å². The highest BCUT2D eigenvalue weighted by molar-refractivity contribution is 6.31. The summed E-state index contributed by atoms with van der Waals surface area (Å²) in [5, 5.41) is 10.3. The molecule has 1 N–H and O–H groups in total. The van der Waals surface area contributed by atoms with Gasteiger partial charge in [0.1, 0.15) is 0 Å². The Labute approximate surface area is 124 Å². The number of hydrazone groups is 1. The second-order valence-corrected chi connectivity index (χ2v) is 5.04. The van der Waals surface area contributed by atoms with E-state index in [1.54, 1.807) is 5.01 Å². The molecule has 0 atom stereocenters. The molecule has 4 heteroatoms. The van der Waals surface area contributed by atoms with Gasteiger partial charge >= 0.3 is 0 Å². The van der Waals surface area contributed by atoms with Crippen LogP contribution in [0.4, 0.5) is 5.69 Å². The third-order valence-electron chi connectivity index (χ3n) is 2.85. The molecule has 0 radical (unpaired) electrons. The van der Waals surface area contributed by atoms with Crippen LogP contribution in [0.1, 0.15) is 11.1 Å². The third-order valence-corrected chi connectivity index (χ3v) is 3.09. The highest BCUT2D eigenvalue weighted by Gasteiger charge is 2.12. The van der Waals surface area contributed by atoms with Crippen LogP contribution in [0.15, 0.2) is 53.6 Å². The van der Waals surface area contributed by atoms with Crippen molar-refractivity contribution in [3.8, 4) is 0 Å². The largest absolute Gasteiger partial charge is 0.388 e. The van der Waals surface area contributed by atoms with Crippen molar-refractivity contribution in [1.29, 1.82) is 0 Å². The summed E-state index contributed by atoms with van der Waals surface area (Å²) in [5.41, 5.74) is 3.93. The summed E-state index contributed by atoms with van der Waals surface area (Å²) in [6.07, 6.45) is 0. The van der Waals surface area contributed by atoms with Gasteiger partial charge in [-0.15, -0.1) is 0 Å². The predicted molar refractivity (Wildman–Crippen MR) is 86.8 cm³/mol. The number of hydrogen-bond donors (Lipinski definition) is 1. The highest BCUT2D eigenvalue weighted by atomic mass is 35.5. The van der Waals surface area contributed by atoms with Crippen LogP contribution in [0.2, 0.25) is 5.02 Å². The van der Waals surface area contributed by atoms with Gasteiger partial charge in [0.15, 0.2) is 0 Å². The van der Waals surface area contributed by atoms with Gasteiger partial charge in [-0.05, 0) is 18.2 Å². The molecule has 0 saturated carbocycles. The first kappa shape index (κ1) is 14.4. The van der Waals surface area contributed by atoms with E-state index in [9.17, 15) is 0 Å². The fraction of sp³-hybridized carbons (Fsp3) is 0.188. The van der Waals surface area contributed by atoms with E-state index in [1.807, 2.05) is 69.7 Å². The molecule has 0 bridgehead atoms. The topological polar surface area (TPSA) is 27.6 Å². The Bertz CT molecular complexity index is 606. The lowest BCUT2D eigenvalue weighted by Gasteiger charge is -2.15. The van der Waals surface area contributed by atoms with Gasteiger partial charge in [0.05, 0.1) is 5.71 Å². The van der Waals surface area contributed by atoms with Crippen molar-refractivity contribution >= 4 is 23.0 Å². The number of benzene rings is 2. The van der Waals surface area contributed by atoms with E-state index < -0.39 is 0 Å². The highest BCUT2D eigenvalue weighted by Crippen LogP contribution is 2.24. The summed E-state index contributed by atoms with van der Waals surface area (Å²) >= 11 is 6.15. The first-order valence-electron chi connectivity index (χ1n) is 6.41. The van der Waals surface area contributed by atoms with Crippen LogP contribution < -0.4 is 5.32 Å². The average molecular weight is 288 g/mol. The second-order valence-electron chi connectivity index (χ2n) is 4.60. The Kier molecular flexibility index (Phi) is 4.64. The van der Waals surface area contributed by atoms with Crippen LogP contribution >= 0.6 is 11.6 Å². The van der Waals surface area contributed by atoms with Gasteiger partial charge in [-0.1, -0.05) is 41.9 Å². The van der Waals surface area contributed by atoms with Crippen LogP contribution in [-0.2, 0) is 0 Å². The van der Waals surface area contributed by atoms with E-state index in [4.69, 9.17) is 11.6 Å². The number of halogens is 1. The molecule has 2 aromatic carbocycles. The van der Waals surface area contributed by atoms with Gasteiger partial charge in [-0.25, -0.2) is 0 Å². The first-order valence-corrected chi connectivity index (χ1v) is 6.78. The summed E-state index contributed by atoms with van der Waals surface area (Å²) in [4.78, 5) is 0. The van der Waals surface area contributed by atoms with Gasteiger partial charge in [0.25, 0.3) is 0 Å². The van der Waals surface area contributed by atoms with Crippen LogP contribution in [0.25, 0.3) is 0 Å². The summed E-state index contributed by atoms with van der Waals surface area (Å²) in [7, 11) is 5.71. The van der Waals surface area contributed by atoms with E-state index in [-0.39, 0.29) is 0 Å². The standard InChI is InChI=1S/C16H18ClN3/c1-18-15-10-9-13(17)11-14(15)16(19-20(2)3)12-7-5-4-6-8-12/h4-11,18H,1-3H3/b19-16+. The van der Waals surface area contributed by atoms with E-state index in [2.05, 4.69) is 10.4 Å². The van der Waals surface area contributed by atoms with Crippen molar-refractivity contribution in [3.63, 3.8) is 0 Å². The Morgan fingerprint density at radius 1 is 1.10 bits per heavy atom. The molecule has 20 heavy (non-hydrogen) atoms. The Morgan fingerprint density at radius 3 is 2.40 bits per heavy atom. The monoisotopic (exact) mass is 287 g/mol. The van der Waals surface area contributed by atoms with Crippen molar-refractivity contribution in [1.82, 2.24) is 5.01 Å². The summed E-state index contributed by atoms with van der Waals surface area (Å²) < 4.78 is 0. The fourth-order valence-corrected chi connectivity index (χ4v) is 2.17. The summed E-state index contributed by atoms with van der Waals surface area (Å²) in [6, 6.07) is 15.9. The lowest BCUT2D eigenvalue weighted by atomic mass is 10.0. The predicted octanol–water partition coefficient (Wildman–Crippen LogP) is 3.70. The second kappa shape index (κ2) is 6.44. The zero-order chi connectivity index (χ0) is 14.5. The van der Waals surface area contributed by atoms with Gasteiger partial charge in [-0.3, -0.25) is 0 Å². The van der Waals surface area contributed by atoms with Gasteiger partial charge in [0.2, 0.25) is 0 Å². The molecule has 0 aliphatic carbocycles. The lowest BCUT2D eigenvalue weighted by Crippen LogP contribution is -2.13. The number of anilines is 1. The lowest BCUT2D eigenvalue weighted by molar-refractivity contribution is 0.438. The zero-order valence-electron chi connectivity index (χ0n) is 11.9. The number of hydrogen-bond acceptors (Lipinski definition) is 3. The molecule has 2 aromatic rings. The van der Waals surface area contributed by atoms with Crippen molar-refractivity contribution in [2.45, 2.75) is 0 Å². The van der Waals surface area contributed by atoms with Crippen LogP contribution in [-0.4, -0.2) is 31.9 Å². The molecule has 0 unspecified atom stereocenters. The molecule has 0 amide bonds. The SMILES string of the molecule is CNc1ccc(Cl)cc1/C(=N/N(C)C)c1ccccc1. The number of nitrogens with zero attached hydrogens (tertiary/aromatic N) is 2. The van der Waals surface area contributed by atoms with E-state index in [0.29, 0.717) is 5.02 Å². The average Bonchev–Trinajstić information content (AvgIpc) is 2.45. The molecule has 0 heterocycles. The first-order chi connectivity index (χ1) is 9.61. The Morgan fingerprint density at radius 2 is 1.80 bits per heavy atom. The van der Waals surface area contributed by atoms with E-state index in [0.717, 1.165) is 22.5 Å². The summed E-state index contributed by atoms with van der Waals surface area (Å²) in [6.45, 7) is 0. The minimum Gasteiger partial charge on any atom is -0.388 e. The van der Waals surface area contributed by atoms with Gasteiger partial charge in [-0.2, -0.15) is 5.10 Å². The van der Waals surface area contributed by atoms with Crippen molar-refractivity contribution in [2.24, 2.45) is 5.10 Å². The zero-order valence-corrected chi connectivity index (χ0v) is 12.6. The van der Waals surface area contributed by atoms with Crippen molar-refractivity contribution in [3.05, 3.63) is 64.7 Å². The van der Waals surface area contributed by atoms with Crippen molar-refractivity contribution < 1.29 is 0 Å². The molecular formula is C16H18ClN3. The molecule has 0 aliphatic heterocycles. The van der Waals surface area contributed by atoms with E-state index >= 15 is 0 Å². The maximum atomic E-state index is 6.15. The van der Waals surface area contributed by atoms with Crippen LogP contribution in [0.5, 0.6) is 0 Å².